The highest BCUT2D eigenvalue weighted by molar-refractivity contribution is 9.10. The van der Waals surface area contributed by atoms with Crippen LogP contribution in [0.5, 0.6) is 11.5 Å². The minimum atomic E-state index is 0.0266. The zero-order valence-corrected chi connectivity index (χ0v) is 13.5. The summed E-state index contributed by atoms with van der Waals surface area (Å²) < 4.78 is 5.65. The van der Waals surface area contributed by atoms with E-state index in [9.17, 15) is 9.90 Å². The van der Waals surface area contributed by atoms with Crippen LogP contribution in [0.25, 0.3) is 6.08 Å². The van der Waals surface area contributed by atoms with Crippen molar-refractivity contribution in [2.45, 2.75) is 4.90 Å². The van der Waals surface area contributed by atoms with Crippen LogP contribution in [0.1, 0.15) is 15.9 Å². The summed E-state index contributed by atoms with van der Waals surface area (Å²) >= 11 is 4.74. The first-order valence-corrected chi connectivity index (χ1v) is 7.81. The molecule has 0 amide bonds. The highest BCUT2D eigenvalue weighted by Crippen LogP contribution is 2.42. The molecule has 106 valence electrons. The summed E-state index contributed by atoms with van der Waals surface area (Å²) in [5.41, 5.74) is 1.53. The Kier molecular flexibility index (Phi) is 3.78. The van der Waals surface area contributed by atoms with Crippen molar-refractivity contribution in [2.75, 3.05) is 7.11 Å². The van der Waals surface area contributed by atoms with Crippen molar-refractivity contribution in [2.24, 2.45) is 0 Å². The van der Waals surface area contributed by atoms with Crippen molar-refractivity contribution in [3.63, 3.8) is 0 Å². The van der Waals surface area contributed by atoms with Gasteiger partial charge in [0.25, 0.3) is 0 Å². The van der Waals surface area contributed by atoms with Crippen molar-refractivity contribution in [3.05, 3.63) is 56.9 Å². The van der Waals surface area contributed by atoms with E-state index < -0.39 is 0 Å². The van der Waals surface area contributed by atoms with Gasteiger partial charge in [0.1, 0.15) is 0 Å². The lowest BCUT2D eigenvalue weighted by atomic mass is 10.1. The molecule has 0 aliphatic carbocycles. The number of rotatable bonds is 2. The van der Waals surface area contributed by atoms with Gasteiger partial charge in [-0.1, -0.05) is 23.9 Å². The Bertz CT molecular complexity index is 768. The van der Waals surface area contributed by atoms with Gasteiger partial charge in [-0.3, -0.25) is 4.79 Å². The Hall–Kier alpha value is -1.72. The fraction of sp³-hybridized carbons (Fsp3) is 0.0625. The number of aromatic hydroxyl groups is 1. The van der Waals surface area contributed by atoms with E-state index in [4.69, 9.17) is 4.74 Å². The second-order valence-electron chi connectivity index (χ2n) is 4.49. The highest BCUT2D eigenvalue weighted by Gasteiger charge is 2.25. The quantitative estimate of drug-likeness (QED) is 0.799. The third-order valence-corrected chi connectivity index (χ3v) is 4.85. The average molecular weight is 363 g/mol. The van der Waals surface area contributed by atoms with Gasteiger partial charge in [0.15, 0.2) is 11.5 Å². The van der Waals surface area contributed by atoms with Crippen molar-refractivity contribution < 1.29 is 14.6 Å². The van der Waals surface area contributed by atoms with Crippen LogP contribution in [-0.4, -0.2) is 18.0 Å². The number of phenols is 1. The third-order valence-electron chi connectivity index (χ3n) is 3.14. The second-order valence-corrected chi connectivity index (χ2v) is 6.43. The second kappa shape index (κ2) is 5.58. The van der Waals surface area contributed by atoms with E-state index in [1.54, 1.807) is 18.2 Å². The molecule has 0 atom stereocenters. The number of carbonyl (C=O) groups excluding carboxylic acids is 1. The lowest BCUT2D eigenvalue weighted by molar-refractivity contribution is 0.104. The van der Waals surface area contributed by atoms with Crippen LogP contribution in [0, 0.1) is 0 Å². The maximum absolute atomic E-state index is 12.3. The molecule has 1 heterocycles. The van der Waals surface area contributed by atoms with Gasteiger partial charge in [0, 0.05) is 10.5 Å². The van der Waals surface area contributed by atoms with E-state index in [-0.39, 0.29) is 11.5 Å². The smallest absolute Gasteiger partial charge is 0.200 e. The number of hydrogen-bond acceptors (Lipinski definition) is 4. The zero-order valence-electron chi connectivity index (χ0n) is 11.1. The van der Waals surface area contributed by atoms with Gasteiger partial charge in [-0.25, -0.2) is 0 Å². The molecule has 0 radical (unpaired) electrons. The molecule has 0 aromatic heterocycles. The lowest BCUT2D eigenvalue weighted by Crippen LogP contribution is -1.94. The minimum absolute atomic E-state index is 0.0266. The Morgan fingerprint density at radius 1 is 1.29 bits per heavy atom. The number of methoxy groups -OCH3 is 1. The van der Waals surface area contributed by atoms with Crippen molar-refractivity contribution >= 4 is 39.6 Å². The summed E-state index contributed by atoms with van der Waals surface area (Å²) in [5, 5.41) is 9.81. The molecule has 0 spiro atoms. The van der Waals surface area contributed by atoms with E-state index in [1.807, 2.05) is 24.3 Å². The number of halogens is 1. The predicted octanol–water partition coefficient (Wildman–Crippen LogP) is 4.49. The van der Waals surface area contributed by atoms with Crippen LogP contribution < -0.4 is 4.74 Å². The molecule has 1 N–H and O–H groups in total. The first kappa shape index (κ1) is 14.2. The van der Waals surface area contributed by atoms with Crippen LogP contribution in [0.4, 0.5) is 0 Å². The Balaban J connectivity index is 2.01. The standard InChI is InChI=1S/C16H11BrO3S/c1-20-12-7-9(6-11(17)16(12)19)8-14-15(18)10-4-2-3-5-13(10)21-14/h2-8,19H,1H3/b14-8-. The molecular weight excluding hydrogens is 352 g/mol. The van der Waals surface area contributed by atoms with Gasteiger partial charge in [0.05, 0.1) is 16.5 Å². The van der Waals surface area contributed by atoms with Gasteiger partial charge in [-0.2, -0.15) is 0 Å². The number of hydrogen-bond donors (Lipinski definition) is 1. The van der Waals surface area contributed by atoms with Gasteiger partial charge < -0.3 is 9.84 Å². The monoisotopic (exact) mass is 362 g/mol. The molecule has 3 nitrogen and oxygen atoms in total. The molecule has 0 fully saturated rings. The molecule has 0 bridgehead atoms. The van der Waals surface area contributed by atoms with Crippen LogP contribution in [0.2, 0.25) is 0 Å². The van der Waals surface area contributed by atoms with Gasteiger partial charge in [-0.15, -0.1) is 0 Å². The summed E-state index contributed by atoms with van der Waals surface area (Å²) in [7, 11) is 1.49. The van der Waals surface area contributed by atoms with E-state index in [0.717, 1.165) is 16.0 Å². The summed E-state index contributed by atoms with van der Waals surface area (Å²) in [6, 6.07) is 11.0. The summed E-state index contributed by atoms with van der Waals surface area (Å²) in [6.07, 6.45) is 1.81. The molecule has 0 saturated heterocycles. The highest BCUT2D eigenvalue weighted by atomic mass is 79.9. The molecule has 5 heteroatoms. The number of benzene rings is 2. The van der Waals surface area contributed by atoms with E-state index in [0.29, 0.717) is 15.1 Å². The van der Waals surface area contributed by atoms with Crippen molar-refractivity contribution in [1.82, 2.24) is 0 Å². The maximum Gasteiger partial charge on any atom is 0.200 e. The predicted molar refractivity (Wildman–Crippen MR) is 87.0 cm³/mol. The molecule has 1 aliphatic heterocycles. The normalized spacial score (nSPS) is 15.3. The third kappa shape index (κ3) is 2.59. The van der Waals surface area contributed by atoms with Crippen LogP contribution >= 0.6 is 27.7 Å². The number of allylic oxidation sites excluding steroid dienone is 1. The molecule has 0 saturated carbocycles. The Labute approximate surface area is 134 Å². The van der Waals surface area contributed by atoms with Crippen molar-refractivity contribution in [3.8, 4) is 11.5 Å². The fourth-order valence-electron chi connectivity index (χ4n) is 2.12. The maximum atomic E-state index is 12.3. The molecular formula is C16H11BrO3S. The van der Waals surface area contributed by atoms with Gasteiger partial charge in [-0.05, 0) is 51.8 Å². The number of carbonyl (C=O) groups is 1. The summed E-state index contributed by atoms with van der Waals surface area (Å²) in [5.74, 6) is 0.441. The largest absolute Gasteiger partial charge is 0.503 e. The van der Waals surface area contributed by atoms with E-state index in [1.165, 1.54) is 18.9 Å². The molecule has 2 aromatic rings. The molecule has 3 rings (SSSR count). The number of thioether (sulfide) groups is 1. The van der Waals surface area contributed by atoms with Crippen LogP contribution in [0.3, 0.4) is 0 Å². The summed E-state index contributed by atoms with van der Waals surface area (Å²) in [4.78, 5) is 14.0. The SMILES string of the molecule is COc1cc(/C=C2\Sc3ccccc3C2=O)cc(Br)c1O. The first-order valence-electron chi connectivity index (χ1n) is 6.20. The molecule has 0 unspecified atom stereocenters. The van der Waals surface area contributed by atoms with Gasteiger partial charge >= 0.3 is 0 Å². The molecule has 2 aromatic carbocycles. The number of ether oxygens (including phenoxy) is 1. The summed E-state index contributed by atoms with van der Waals surface area (Å²) in [6.45, 7) is 0. The number of Topliss-reactive ketones (excluding diaryl/α,β-unsaturated/α-hetero) is 1. The van der Waals surface area contributed by atoms with Crippen LogP contribution in [-0.2, 0) is 0 Å². The Morgan fingerprint density at radius 3 is 2.76 bits per heavy atom. The van der Waals surface area contributed by atoms with Crippen molar-refractivity contribution in [1.29, 1.82) is 0 Å². The zero-order chi connectivity index (χ0) is 15.0. The average Bonchev–Trinajstić information content (AvgIpc) is 2.79. The lowest BCUT2D eigenvalue weighted by Gasteiger charge is -2.07. The van der Waals surface area contributed by atoms with E-state index >= 15 is 0 Å². The first-order chi connectivity index (χ1) is 10.1. The fourth-order valence-corrected chi connectivity index (χ4v) is 3.63. The Morgan fingerprint density at radius 2 is 2.05 bits per heavy atom. The number of phenolic OH excluding ortho intramolecular Hbond substituents is 1. The number of fused-ring (bicyclic) bond motifs is 1. The molecule has 21 heavy (non-hydrogen) atoms. The van der Waals surface area contributed by atoms with E-state index in [2.05, 4.69) is 15.9 Å². The minimum Gasteiger partial charge on any atom is -0.503 e. The van der Waals surface area contributed by atoms with Crippen LogP contribution in [0.15, 0.2) is 50.7 Å². The molecule has 1 aliphatic rings. The van der Waals surface area contributed by atoms with Gasteiger partial charge in [0.2, 0.25) is 5.78 Å². The topological polar surface area (TPSA) is 46.5 Å². The number of ketones is 1.